The summed E-state index contributed by atoms with van der Waals surface area (Å²) in [5.41, 5.74) is 6.11. The number of nitrogens with zero attached hydrogens (tertiary/aromatic N) is 1. The zero-order valence-corrected chi connectivity index (χ0v) is 11.9. The molecule has 6 nitrogen and oxygen atoms in total. The summed E-state index contributed by atoms with van der Waals surface area (Å²) in [4.78, 5) is 0.260. The van der Waals surface area contributed by atoms with E-state index in [4.69, 9.17) is 5.73 Å². The van der Waals surface area contributed by atoms with E-state index in [0.29, 0.717) is 5.69 Å². The van der Waals surface area contributed by atoms with E-state index in [-0.39, 0.29) is 17.0 Å². The third kappa shape index (κ3) is 3.66. The summed E-state index contributed by atoms with van der Waals surface area (Å²) in [5.74, 6) is 0. The molecule has 0 bridgehead atoms. The van der Waals surface area contributed by atoms with Crippen molar-refractivity contribution in [3.05, 3.63) is 24.3 Å². The van der Waals surface area contributed by atoms with Gasteiger partial charge in [-0.05, 0) is 44.5 Å². The van der Waals surface area contributed by atoms with Crippen molar-refractivity contribution in [1.29, 1.82) is 0 Å². The first-order chi connectivity index (χ1) is 8.87. The lowest BCUT2D eigenvalue weighted by Gasteiger charge is -2.32. The van der Waals surface area contributed by atoms with Crippen molar-refractivity contribution in [1.82, 2.24) is 10.6 Å². The molecule has 7 heteroatoms. The van der Waals surface area contributed by atoms with Gasteiger partial charge in [0.15, 0.2) is 16.3 Å². The van der Waals surface area contributed by atoms with Crippen LogP contribution < -0.4 is 16.4 Å². The van der Waals surface area contributed by atoms with Gasteiger partial charge in [-0.15, -0.1) is 0 Å². The molecular formula is C12H20N4O2S. The van der Waals surface area contributed by atoms with Crippen LogP contribution in [0.25, 0.3) is 0 Å². The zero-order chi connectivity index (χ0) is 14.0. The highest BCUT2D eigenvalue weighted by Gasteiger charge is 2.23. The highest BCUT2D eigenvalue weighted by atomic mass is 32.2. The van der Waals surface area contributed by atoms with Gasteiger partial charge in [-0.25, -0.2) is 4.21 Å². The number of nitrogen functional groups attached to an aromatic ring is 1. The molecule has 106 valence electrons. The van der Waals surface area contributed by atoms with Crippen LogP contribution in [0, 0.1) is 0 Å². The minimum absolute atomic E-state index is 0.256. The second-order valence-corrected chi connectivity index (χ2v) is 6.62. The van der Waals surface area contributed by atoms with Gasteiger partial charge in [-0.1, -0.05) is 0 Å². The molecule has 5 N–H and O–H groups in total. The summed E-state index contributed by atoms with van der Waals surface area (Å²) >= 11 is 0. The highest BCUT2D eigenvalue weighted by Crippen LogP contribution is 2.15. The maximum atomic E-state index is 12.2. The SMILES string of the molecule is CC1CC(C)NC(N=S(=O)(O)c2ccc(N)cc2)N1. The Kier molecular flexibility index (Phi) is 4.10. The van der Waals surface area contributed by atoms with Gasteiger partial charge in [0, 0.05) is 17.8 Å². The first kappa shape index (κ1) is 14.3. The van der Waals surface area contributed by atoms with Gasteiger partial charge in [-0.3, -0.25) is 15.2 Å². The second kappa shape index (κ2) is 5.46. The predicted octanol–water partition coefficient (Wildman–Crippen LogP) is 1.21. The minimum Gasteiger partial charge on any atom is -0.399 e. The average Bonchev–Trinajstić information content (AvgIpc) is 2.27. The Morgan fingerprint density at radius 3 is 2.32 bits per heavy atom. The van der Waals surface area contributed by atoms with Crippen LogP contribution in [0.3, 0.4) is 0 Å². The number of nitrogens with one attached hydrogen (secondary N) is 2. The van der Waals surface area contributed by atoms with Crippen molar-refractivity contribution in [2.24, 2.45) is 4.36 Å². The molecule has 0 spiro atoms. The largest absolute Gasteiger partial charge is 0.399 e. The normalized spacial score (nSPS) is 30.6. The molecule has 1 aliphatic rings. The molecule has 1 fully saturated rings. The molecule has 0 aliphatic carbocycles. The molecule has 3 atom stereocenters. The van der Waals surface area contributed by atoms with Crippen molar-refractivity contribution in [2.75, 3.05) is 5.73 Å². The van der Waals surface area contributed by atoms with E-state index in [2.05, 4.69) is 15.0 Å². The molecule has 1 aromatic rings. The molecule has 1 heterocycles. The van der Waals surface area contributed by atoms with E-state index in [1.807, 2.05) is 13.8 Å². The monoisotopic (exact) mass is 284 g/mol. The van der Waals surface area contributed by atoms with Gasteiger partial charge >= 0.3 is 0 Å². The molecule has 1 aliphatic heterocycles. The fourth-order valence-electron chi connectivity index (χ4n) is 2.16. The molecule has 0 saturated carbocycles. The van der Waals surface area contributed by atoms with E-state index in [0.717, 1.165) is 6.42 Å². The predicted molar refractivity (Wildman–Crippen MR) is 75.9 cm³/mol. The summed E-state index contributed by atoms with van der Waals surface area (Å²) in [6.45, 7) is 4.06. The van der Waals surface area contributed by atoms with Crippen LogP contribution in [0.4, 0.5) is 5.69 Å². The van der Waals surface area contributed by atoms with Crippen LogP contribution in [-0.4, -0.2) is 27.1 Å². The number of rotatable bonds is 2. The number of hydrogen-bond donors (Lipinski definition) is 4. The first-order valence-electron chi connectivity index (χ1n) is 6.23. The Labute approximate surface area is 113 Å². The Bertz CT molecular complexity index is 541. The molecule has 0 amide bonds. The summed E-state index contributed by atoms with van der Waals surface area (Å²) in [6.07, 6.45) is 0.439. The molecule has 1 aromatic carbocycles. The maximum Gasteiger partial charge on any atom is 0.193 e. The van der Waals surface area contributed by atoms with Crippen molar-refractivity contribution in [2.45, 2.75) is 43.5 Å². The molecule has 2 rings (SSSR count). The van der Waals surface area contributed by atoms with Crippen molar-refractivity contribution >= 4 is 15.7 Å². The van der Waals surface area contributed by atoms with Crippen molar-refractivity contribution < 1.29 is 8.76 Å². The van der Waals surface area contributed by atoms with E-state index >= 15 is 0 Å². The van der Waals surface area contributed by atoms with Crippen LogP contribution >= 0.6 is 0 Å². The molecule has 0 aromatic heterocycles. The summed E-state index contributed by atoms with van der Waals surface area (Å²) in [7, 11) is -3.43. The van der Waals surface area contributed by atoms with Crippen LogP contribution in [-0.2, 0) is 10.0 Å². The molecular weight excluding hydrogens is 264 g/mol. The van der Waals surface area contributed by atoms with Gasteiger partial charge < -0.3 is 5.73 Å². The van der Waals surface area contributed by atoms with E-state index in [1.54, 1.807) is 12.1 Å². The number of nitrogens with two attached hydrogens (primary N) is 1. The highest BCUT2D eigenvalue weighted by molar-refractivity contribution is 7.88. The van der Waals surface area contributed by atoms with E-state index in [1.165, 1.54) is 12.1 Å². The average molecular weight is 284 g/mol. The standard InChI is InChI=1S/C12H20N4O2S/c1-8-7-9(2)15-12(14-8)16-19(17,18)11-5-3-10(13)4-6-11/h3-6,8-9,12,14-15H,7,13H2,1-2H3,(H,16,17,18). The second-order valence-electron chi connectivity index (χ2n) is 4.94. The van der Waals surface area contributed by atoms with Gasteiger partial charge in [0.2, 0.25) is 0 Å². The zero-order valence-electron chi connectivity index (χ0n) is 11.0. The fraction of sp³-hybridized carbons (Fsp3) is 0.500. The summed E-state index contributed by atoms with van der Waals surface area (Å²) in [5, 5.41) is 6.28. The Morgan fingerprint density at radius 2 is 1.79 bits per heavy atom. The number of benzene rings is 1. The Balaban J connectivity index is 2.25. The maximum absolute atomic E-state index is 12.2. The van der Waals surface area contributed by atoms with E-state index in [9.17, 15) is 8.76 Å². The lowest BCUT2D eigenvalue weighted by atomic mass is 10.1. The number of anilines is 1. The summed E-state index contributed by atoms with van der Waals surface area (Å²) in [6, 6.07) is 6.74. The van der Waals surface area contributed by atoms with Gasteiger partial charge in [0.05, 0.1) is 4.90 Å². The van der Waals surface area contributed by atoms with Crippen molar-refractivity contribution in [3.63, 3.8) is 0 Å². The topological polar surface area (TPSA) is 99.7 Å². The van der Waals surface area contributed by atoms with Crippen LogP contribution in [0.1, 0.15) is 20.3 Å². The summed E-state index contributed by atoms with van der Waals surface area (Å²) < 4.78 is 26.3. The smallest absolute Gasteiger partial charge is 0.193 e. The fourth-order valence-corrected chi connectivity index (χ4v) is 3.18. The van der Waals surface area contributed by atoms with Crippen molar-refractivity contribution in [3.8, 4) is 0 Å². The Morgan fingerprint density at radius 1 is 1.26 bits per heavy atom. The molecule has 0 radical (unpaired) electrons. The third-order valence-electron chi connectivity index (χ3n) is 3.03. The molecule has 19 heavy (non-hydrogen) atoms. The van der Waals surface area contributed by atoms with Gasteiger partial charge in [0.25, 0.3) is 0 Å². The van der Waals surface area contributed by atoms with Crippen LogP contribution in [0.2, 0.25) is 0 Å². The molecule has 3 unspecified atom stereocenters. The van der Waals surface area contributed by atoms with E-state index < -0.39 is 16.3 Å². The number of hydrogen-bond acceptors (Lipinski definition) is 5. The van der Waals surface area contributed by atoms with Crippen LogP contribution in [0.5, 0.6) is 0 Å². The third-order valence-corrected chi connectivity index (χ3v) is 4.41. The van der Waals surface area contributed by atoms with Crippen LogP contribution in [0.15, 0.2) is 33.5 Å². The Hall–Kier alpha value is -1.15. The van der Waals surface area contributed by atoms with Gasteiger partial charge in [-0.2, -0.15) is 4.36 Å². The first-order valence-corrected chi connectivity index (χ1v) is 7.70. The lowest BCUT2D eigenvalue weighted by Crippen LogP contribution is -2.55. The quantitative estimate of drug-likeness (QED) is 0.612. The molecule has 1 saturated heterocycles. The minimum atomic E-state index is -3.43. The lowest BCUT2D eigenvalue weighted by molar-refractivity contribution is 0.269. The van der Waals surface area contributed by atoms with Gasteiger partial charge in [0.1, 0.15) is 0 Å².